The lowest BCUT2D eigenvalue weighted by atomic mass is 10.2. The Hall–Kier alpha value is -2.50. The van der Waals surface area contributed by atoms with Crippen LogP contribution < -0.4 is 5.43 Å². The zero-order valence-corrected chi connectivity index (χ0v) is 10.4. The Morgan fingerprint density at radius 3 is 3.00 bits per heavy atom. The normalized spacial score (nSPS) is 10.2. The molecule has 98 valence electrons. The fourth-order valence-electron chi connectivity index (χ4n) is 1.50. The molecule has 1 N–H and O–H groups in total. The van der Waals surface area contributed by atoms with Crippen molar-refractivity contribution in [2.45, 2.75) is 20.0 Å². The number of nitrogens with one attached hydrogen (secondary N) is 1. The highest BCUT2D eigenvalue weighted by atomic mass is 16.5. The molecule has 2 heterocycles. The molecule has 0 fully saturated rings. The summed E-state index contributed by atoms with van der Waals surface area (Å²) < 4.78 is 5.00. The second kappa shape index (κ2) is 5.90. The van der Waals surface area contributed by atoms with Crippen LogP contribution in [0.25, 0.3) is 0 Å². The minimum absolute atomic E-state index is 0.123. The minimum atomic E-state index is -0.422. The van der Waals surface area contributed by atoms with Gasteiger partial charge in [-0.3, -0.25) is 19.7 Å². The number of rotatable bonds is 4. The monoisotopic (exact) mass is 259 g/mol. The number of carbonyl (C=O) groups is 1. The topological polar surface area (TPSA) is 84.9 Å². The molecule has 0 spiro atoms. The predicted octanol–water partition coefficient (Wildman–Crippen LogP) is 0.759. The van der Waals surface area contributed by atoms with Crippen molar-refractivity contribution in [2.24, 2.45) is 0 Å². The number of hydrogen-bond acceptors (Lipinski definition) is 5. The molecule has 0 aliphatic heterocycles. The minimum Gasteiger partial charge on any atom is -0.459 e. The van der Waals surface area contributed by atoms with Crippen LogP contribution in [0.3, 0.4) is 0 Å². The van der Waals surface area contributed by atoms with E-state index < -0.39 is 5.97 Å². The van der Waals surface area contributed by atoms with Crippen LogP contribution in [-0.2, 0) is 22.6 Å². The summed E-state index contributed by atoms with van der Waals surface area (Å²) >= 11 is 0. The van der Waals surface area contributed by atoms with E-state index in [0.29, 0.717) is 5.69 Å². The lowest BCUT2D eigenvalue weighted by Crippen LogP contribution is -2.17. The molecule has 0 bridgehead atoms. The van der Waals surface area contributed by atoms with E-state index in [9.17, 15) is 9.59 Å². The molecule has 0 atom stereocenters. The van der Waals surface area contributed by atoms with Crippen LogP contribution in [0.4, 0.5) is 0 Å². The number of aryl methyl sites for hydroxylation is 1. The molecule has 19 heavy (non-hydrogen) atoms. The first-order chi connectivity index (χ1) is 9.15. The molecule has 2 rings (SSSR count). The summed E-state index contributed by atoms with van der Waals surface area (Å²) in [6.45, 7) is 1.60. The molecule has 0 aliphatic carbocycles. The van der Waals surface area contributed by atoms with Crippen LogP contribution in [0.5, 0.6) is 0 Å². The number of aromatic nitrogens is 3. The van der Waals surface area contributed by atoms with Gasteiger partial charge in [0.05, 0.1) is 6.42 Å². The van der Waals surface area contributed by atoms with E-state index in [2.05, 4.69) is 15.2 Å². The van der Waals surface area contributed by atoms with E-state index in [1.54, 1.807) is 31.5 Å². The van der Waals surface area contributed by atoms with Crippen LogP contribution >= 0.6 is 0 Å². The molecular formula is C13H13N3O3. The zero-order chi connectivity index (χ0) is 13.7. The SMILES string of the molecule is Cc1cc(=O)c(COC(=O)Cc2cccnc2)n[nH]1. The molecule has 0 aromatic carbocycles. The Morgan fingerprint density at radius 1 is 1.47 bits per heavy atom. The van der Waals surface area contributed by atoms with Crippen LogP contribution in [0.1, 0.15) is 17.0 Å². The molecule has 0 radical (unpaired) electrons. The van der Waals surface area contributed by atoms with Crippen molar-refractivity contribution in [3.8, 4) is 0 Å². The van der Waals surface area contributed by atoms with Gasteiger partial charge in [-0.05, 0) is 18.6 Å². The van der Waals surface area contributed by atoms with Gasteiger partial charge < -0.3 is 4.74 Å². The first-order valence-corrected chi connectivity index (χ1v) is 5.75. The summed E-state index contributed by atoms with van der Waals surface area (Å²) in [4.78, 5) is 27.0. The third kappa shape index (κ3) is 3.74. The number of nitrogens with zero attached hydrogens (tertiary/aromatic N) is 2. The summed E-state index contributed by atoms with van der Waals surface area (Å²) in [6, 6.07) is 4.94. The van der Waals surface area contributed by atoms with Gasteiger partial charge in [0.2, 0.25) is 5.43 Å². The molecule has 2 aromatic heterocycles. The van der Waals surface area contributed by atoms with Gasteiger partial charge in [-0.2, -0.15) is 5.10 Å². The van der Waals surface area contributed by atoms with E-state index in [1.807, 2.05) is 0 Å². The Labute approximate surface area is 109 Å². The summed E-state index contributed by atoms with van der Waals surface area (Å²) in [5.74, 6) is -0.422. The number of hydrogen-bond donors (Lipinski definition) is 1. The van der Waals surface area contributed by atoms with Gasteiger partial charge in [0.1, 0.15) is 12.3 Å². The smallest absolute Gasteiger partial charge is 0.310 e. The second-order valence-electron chi connectivity index (χ2n) is 4.06. The van der Waals surface area contributed by atoms with Gasteiger partial charge in [0.15, 0.2) is 0 Å². The maximum absolute atomic E-state index is 11.6. The molecule has 0 amide bonds. The lowest BCUT2D eigenvalue weighted by molar-refractivity contribution is -0.144. The number of pyridine rings is 1. The number of aromatic amines is 1. The van der Waals surface area contributed by atoms with Crippen LogP contribution in [-0.4, -0.2) is 21.2 Å². The third-order valence-corrected chi connectivity index (χ3v) is 2.44. The van der Waals surface area contributed by atoms with Gasteiger partial charge in [0, 0.05) is 24.2 Å². The molecule has 0 saturated heterocycles. The first-order valence-electron chi connectivity index (χ1n) is 5.75. The van der Waals surface area contributed by atoms with Crippen molar-refractivity contribution in [1.29, 1.82) is 0 Å². The van der Waals surface area contributed by atoms with E-state index in [4.69, 9.17) is 4.74 Å². The maximum atomic E-state index is 11.6. The fourth-order valence-corrected chi connectivity index (χ4v) is 1.50. The molecule has 6 heteroatoms. The highest BCUT2D eigenvalue weighted by Crippen LogP contribution is 2.00. The summed E-state index contributed by atoms with van der Waals surface area (Å²) in [5, 5.41) is 6.49. The fraction of sp³-hybridized carbons (Fsp3) is 0.231. The average Bonchev–Trinajstić information content (AvgIpc) is 2.39. The van der Waals surface area contributed by atoms with Crippen LogP contribution in [0.15, 0.2) is 35.4 Å². The van der Waals surface area contributed by atoms with Crippen molar-refractivity contribution < 1.29 is 9.53 Å². The van der Waals surface area contributed by atoms with Crippen molar-refractivity contribution in [1.82, 2.24) is 15.2 Å². The molecule has 0 saturated carbocycles. The molecule has 2 aromatic rings. The Balaban J connectivity index is 1.92. The number of H-pyrrole nitrogens is 1. The Morgan fingerprint density at radius 2 is 2.32 bits per heavy atom. The van der Waals surface area contributed by atoms with E-state index in [1.165, 1.54) is 6.07 Å². The van der Waals surface area contributed by atoms with Crippen LogP contribution in [0.2, 0.25) is 0 Å². The Kier molecular flexibility index (Phi) is 4.02. The van der Waals surface area contributed by atoms with Crippen molar-refractivity contribution >= 4 is 5.97 Å². The summed E-state index contributed by atoms with van der Waals surface area (Å²) in [5.41, 5.74) is 1.37. The van der Waals surface area contributed by atoms with E-state index in [0.717, 1.165) is 5.56 Å². The van der Waals surface area contributed by atoms with Gasteiger partial charge >= 0.3 is 5.97 Å². The maximum Gasteiger partial charge on any atom is 0.310 e. The molecular weight excluding hydrogens is 246 g/mol. The van der Waals surface area contributed by atoms with Crippen molar-refractivity contribution in [3.63, 3.8) is 0 Å². The van der Waals surface area contributed by atoms with Gasteiger partial charge in [-0.25, -0.2) is 0 Å². The first kappa shape index (κ1) is 12.9. The van der Waals surface area contributed by atoms with Gasteiger partial charge in [-0.15, -0.1) is 0 Å². The quantitative estimate of drug-likeness (QED) is 0.819. The summed E-state index contributed by atoms with van der Waals surface area (Å²) in [7, 11) is 0. The van der Waals surface area contributed by atoms with E-state index in [-0.39, 0.29) is 24.2 Å². The lowest BCUT2D eigenvalue weighted by Gasteiger charge is -2.04. The number of carbonyl (C=O) groups excluding carboxylic acids is 1. The average molecular weight is 259 g/mol. The standard InChI is InChI=1S/C13H13N3O3/c1-9-5-12(17)11(16-15-9)8-19-13(18)6-10-3-2-4-14-7-10/h2-5,7H,6,8H2,1H3,(H,15,17). The predicted molar refractivity (Wildman–Crippen MR) is 67.3 cm³/mol. The zero-order valence-electron chi connectivity index (χ0n) is 10.4. The largest absolute Gasteiger partial charge is 0.459 e. The highest BCUT2D eigenvalue weighted by molar-refractivity contribution is 5.72. The number of ether oxygens (including phenoxy) is 1. The van der Waals surface area contributed by atoms with Crippen LogP contribution in [0, 0.1) is 6.92 Å². The molecule has 6 nitrogen and oxygen atoms in total. The van der Waals surface area contributed by atoms with E-state index >= 15 is 0 Å². The van der Waals surface area contributed by atoms with Gasteiger partial charge in [0.25, 0.3) is 0 Å². The summed E-state index contributed by atoms with van der Waals surface area (Å²) in [6.07, 6.45) is 3.35. The van der Waals surface area contributed by atoms with Gasteiger partial charge in [-0.1, -0.05) is 6.07 Å². The third-order valence-electron chi connectivity index (χ3n) is 2.44. The molecule has 0 unspecified atom stereocenters. The number of esters is 1. The highest BCUT2D eigenvalue weighted by Gasteiger charge is 2.08. The second-order valence-corrected chi connectivity index (χ2v) is 4.06. The molecule has 0 aliphatic rings. The van der Waals surface area contributed by atoms with Crippen molar-refractivity contribution in [3.05, 3.63) is 57.8 Å². The van der Waals surface area contributed by atoms with Crippen molar-refractivity contribution in [2.75, 3.05) is 0 Å². The Bertz CT molecular complexity index is 623.